The second-order valence-corrected chi connectivity index (χ2v) is 6.96. The number of benzene rings is 1. The van der Waals surface area contributed by atoms with Crippen molar-refractivity contribution < 1.29 is 9.59 Å². The number of amides is 2. The first-order valence-electron chi connectivity index (χ1n) is 9.82. The van der Waals surface area contributed by atoms with Crippen LogP contribution in [-0.4, -0.2) is 29.3 Å². The molecule has 2 amide bonds. The third kappa shape index (κ3) is 5.07. The fourth-order valence-corrected chi connectivity index (χ4v) is 3.73. The molecule has 1 aromatic carbocycles. The van der Waals surface area contributed by atoms with Gasteiger partial charge in [-0.3, -0.25) is 9.59 Å². The van der Waals surface area contributed by atoms with E-state index in [1.54, 1.807) is 0 Å². The van der Waals surface area contributed by atoms with E-state index in [0.29, 0.717) is 11.6 Å². The number of nitrogens with zero attached hydrogens (tertiary/aromatic N) is 1. The lowest BCUT2D eigenvalue weighted by atomic mass is 9.93. The SMILES string of the molecule is CCC(CC)C(=O)Nc1ccc(C(=O)N(CC)C2CCCCC2)cc1. The largest absolute Gasteiger partial charge is 0.336 e. The molecule has 25 heavy (non-hydrogen) atoms. The summed E-state index contributed by atoms with van der Waals surface area (Å²) in [6, 6.07) is 7.71. The average molecular weight is 344 g/mol. The van der Waals surface area contributed by atoms with Crippen LogP contribution in [0.3, 0.4) is 0 Å². The summed E-state index contributed by atoms with van der Waals surface area (Å²) in [5.41, 5.74) is 1.46. The van der Waals surface area contributed by atoms with Crippen molar-refractivity contribution in [2.24, 2.45) is 5.92 Å². The molecule has 0 unspecified atom stereocenters. The maximum atomic E-state index is 12.8. The first-order chi connectivity index (χ1) is 12.1. The highest BCUT2D eigenvalue weighted by Crippen LogP contribution is 2.24. The van der Waals surface area contributed by atoms with Gasteiger partial charge in [0.05, 0.1) is 0 Å². The van der Waals surface area contributed by atoms with Gasteiger partial charge in [0, 0.05) is 29.8 Å². The molecule has 0 spiro atoms. The number of nitrogens with one attached hydrogen (secondary N) is 1. The molecule has 0 saturated heterocycles. The predicted octanol–water partition coefficient (Wildman–Crippen LogP) is 4.86. The Morgan fingerprint density at radius 3 is 2.16 bits per heavy atom. The Hall–Kier alpha value is -1.84. The van der Waals surface area contributed by atoms with Crippen molar-refractivity contribution in [2.75, 3.05) is 11.9 Å². The first-order valence-corrected chi connectivity index (χ1v) is 9.82. The van der Waals surface area contributed by atoms with Gasteiger partial charge in [0.25, 0.3) is 5.91 Å². The van der Waals surface area contributed by atoms with E-state index >= 15 is 0 Å². The number of hydrogen-bond donors (Lipinski definition) is 1. The molecule has 1 saturated carbocycles. The smallest absolute Gasteiger partial charge is 0.254 e. The van der Waals surface area contributed by atoms with Crippen LogP contribution in [0, 0.1) is 5.92 Å². The number of carbonyl (C=O) groups excluding carboxylic acids is 2. The number of rotatable bonds is 7. The highest BCUT2D eigenvalue weighted by molar-refractivity contribution is 5.96. The first kappa shape index (κ1) is 19.5. The van der Waals surface area contributed by atoms with E-state index in [1.165, 1.54) is 19.3 Å². The molecule has 4 nitrogen and oxygen atoms in total. The van der Waals surface area contributed by atoms with Crippen LogP contribution in [0.2, 0.25) is 0 Å². The number of carbonyl (C=O) groups is 2. The monoisotopic (exact) mass is 344 g/mol. The minimum atomic E-state index is 0.0446. The molecule has 0 aromatic heterocycles. The van der Waals surface area contributed by atoms with Gasteiger partial charge in [-0.05, 0) is 56.9 Å². The minimum absolute atomic E-state index is 0.0446. The number of hydrogen-bond acceptors (Lipinski definition) is 2. The van der Waals surface area contributed by atoms with E-state index in [-0.39, 0.29) is 17.7 Å². The molecule has 0 heterocycles. The van der Waals surface area contributed by atoms with Crippen molar-refractivity contribution in [3.8, 4) is 0 Å². The van der Waals surface area contributed by atoms with E-state index in [0.717, 1.165) is 37.9 Å². The molecule has 138 valence electrons. The fourth-order valence-electron chi connectivity index (χ4n) is 3.73. The van der Waals surface area contributed by atoms with Crippen LogP contribution >= 0.6 is 0 Å². The molecule has 0 radical (unpaired) electrons. The third-order valence-corrected chi connectivity index (χ3v) is 5.37. The number of anilines is 1. The van der Waals surface area contributed by atoms with Crippen LogP contribution in [-0.2, 0) is 4.79 Å². The maximum absolute atomic E-state index is 12.8. The van der Waals surface area contributed by atoms with Gasteiger partial charge in [0.1, 0.15) is 0 Å². The van der Waals surface area contributed by atoms with Crippen molar-refractivity contribution in [3.05, 3.63) is 29.8 Å². The Kier molecular flexibility index (Phi) is 7.48. The van der Waals surface area contributed by atoms with Crippen LogP contribution in [0.15, 0.2) is 24.3 Å². The highest BCUT2D eigenvalue weighted by Gasteiger charge is 2.25. The summed E-state index contributed by atoms with van der Waals surface area (Å²) < 4.78 is 0. The van der Waals surface area contributed by atoms with Crippen LogP contribution < -0.4 is 5.32 Å². The van der Waals surface area contributed by atoms with Crippen molar-refractivity contribution in [3.63, 3.8) is 0 Å². The van der Waals surface area contributed by atoms with Crippen LogP contribution in [0.5, 0.6) is 0 Å². The third-order valence-electron chi connectivity index (χ3n) is 5.37. The van der Waals surface area contributed by atoms with Gasteiger partial charge in [-0.15, -0.1) is 0 Å². The molecule has 1 aliphatic rings. The van der Waals surface area contributed by atoms with Crippen molar-refractivity contribution >= 4 is 17.5 Å². The van der Waals surface area contributed by atoms with Gasteiger partial charge < -0.3 is 10.2 Å². The minimum Gasteiger partial charge on any atom is -0.336 e. The van der Waals surface area contributed by atoms with Gasteiger partial charge in [-0.2, -0.15) is 0 Å². The zero-order chi connectivity index (χ0) is 18.2. The molecule has 0 atom stereocenters. The topological polar surface area (TPSA) is 49.4 Å². The molecule has 1 aliphatic carbocycles. The summed E-state index contributed by atoms with van der Waals surface area (Å²) >= 11 is 0. The van der Waals surface area contributed by atoms with Crippen molar-refractivity contribution in [1.82, 2.24) is 4.90 Å². The summed E-state index contributed by atoms with van der Waals surface area (Å²) in [6.45, 7) is 6.85. The quantitative estimate of drug-likeness (QED) is 0.768. The molecule has 1 fully saturated rings. The van der Waals surface area contributed by atoms with Crippen LogP contribution in [0.1, 0.15) is 76.1 Å². The van der Waals surface area contributed by atoms with Gasteiger partial charge >= 0.3 is 0 Å². The maximum Gasteiger partial charge on any atom is 0.254 e. The molecule has 1 N–H and O–H groups in total. The van der Waals surface area contributed by atoms with Gasteiger partial charge in [-0.1, -0.05) is 33.1 Å². The summed E-state index contributed by atoms with van der Waals surface area (Å²) in [7, 11) is 0. The Morgan fingerprint density at radius 2 is 1.64 bits per heavy atom. The summed E-state index contributed by atoms with van der Waals surface area (Å²) in [5, 5.41) is 2.95. The second kappa shape index (κ2) is 9.59. The molecule has 2 rings (SSSR count). The summed E-state index contributed by atoms with van der Waals surface area (Å²) in [5.74, 6) is 0.205. The van der Waals surface area contributed by atoms with Gasteiger partial charge in [-0.25, -0.2) is 0 Å². The zero-order valence-electron chi connectivity index (χ0n) is 15.9. The molecule has 4 heteroatoms. The zero-order valence-corrected chi connectivity index (χ0v) is 15.9. The lowest BCUT2D eigenvalue weighted by molar-refractivity contribution is -0.120. The van der Waals surface area contributed by atoms with E-state index < -0.39 is 0 Å². The molecule has 1 aromatic rings. The Bertz CT molecular complexity index is 558. The van der Waals surface area contributed by atoms with E-state index in [4.69, 9.17) is 0 Å². The average Bonchev–Trinajstić information content (AvgIpc) is 2.65. The summed E-state index contributed by atoms with van der Waals surface area (Å²) in [4.78, 5) is 27.0. The van der Waals surface area contributed by atoms with Gasteiger partial charge in [0.2, 0.25) is 5.91 Å². The lowest BCUT2D eigenvalue weighted by Crippen LogP contribution is -2.41. The van der Waals surface area contributed by atoms with E-state index in [2.05, 4.69) is 12.2 Å². The second-order valence-electron chi connectivity index (χ2n) is 6.96. The molecule has 0 aliphatic heterocycles. The molecular formula is C21H32N2O2. The standard InChI is InChI=1S/C21H32N2O2/c1-4-16(5-2)20(24)22-18-14-12-17(13-15-18)21(25)23(6-3)19-10-8-7-9-11-19/h12-16,19H,4-11H2,1-3H3,(H,22,24). The van der Waals surface area contributed by atoms with Crippen LogP contribution in [0.4, 0.5) is 5.69 Å². The lowest BCUT2D eigenvalue weighted by Gasteiger charge is -2.33. The Labute approximate surface area is 152 Å². The van der Waals surface area contributed by atoms with E-state index in [9.17, 15) is 9.59 Å². The Balaban J connectivity index is 2.02. The van der Waals surface area contributed by atoms with Crippen LogP contribution in [0.25, 0.3) is 0 Å². The van der Waals surface area contributed by atoms with E-state index in [1.807, 2.05) is 43.0 Å². The van der Waals surface area contributed by atoms with Gasteiger partial charge in [0.15, 0.2) is 0 Å². The van der Waals surface area contributed by atoms with Crippen molar-refractivity contribution in [1.29, 1.82) is 0 Å². The highest BCUT2D eigenvalue weighted by atomic mass is 16.2. The van der Waals surface area contributed by atoms with Crippen molar-refractivity contribution in [2.45, 2.75) is 71.8 Å². The fraction of sp³-hybridized carbons (Fsp3) is 0.619. The summed E-state index contributed by atoms with van der Waals surface area (Å²) in [6.07, 6.45) is 7.63. The predicted molar refractivity (Wildman–Crippen MR) is 103 cm³/mol. The Morgan fingerprint density at radius 1 is 1.04 bits per heavy atom. The molecule has 0 bridgehead atoms. The normalized spacial score (nSPS) is 15.2. The molecular weight excluding hydrogens is 312 g/mol.